The van der Waals surface area contributed by atoms with Gasteiger partial charge in [-0.1, -0.05) is 26.7 Å². The maximum atomic E-state index is 11.8. The number of carbonyl (C=O) groups excluding carboxylic acids is 4. The topological polar surface area (TPSA) is 95.6 Å². The zero-order valence-corrected chi connectivity index (χ0v) is 17.3. The Morgan fingerprint density at radius 2 is 1.36 bits per heavy atom. The lowest BCUT2D eigenvalue weighted by Gasteiger charge is -2.13. The van der Waals surface area contributed by atoms with Gasteiger partial charge in [0.2, 0.25) is 11.8 Å². The average Bonchev–Trinajstić information content (AvgIpc) is 2.95. The van der Waals surface area contributed by atoms with Crippen LogP contribution in [0, 0.1) is 5.92 Å². The van der Waals surface area contributed by atoms with Crippen LogP contribution in [0.4, 0.5) is 0 Å². The second-order valence-corrected chi connectivity index (χ2v) is 7.67. The van der Waals surface area contributed by atoms with E-state index in [1.165, 1.54) is 17.1 Å². The van der Waals surface area contributed by atoms with Gasteiger partial charge in [-0.05, 0) is 38.0 Å². The molecule has 0 aromatic rings. The molecule has 1 aliphatic heterocycles. The molecule has 0 spiro atoms. The Balaban J connectivity index is 1.89. The number of amides is 4. The van der Waals surface area contributed by atoms with Crippen LogP contribution >= 0.6 is 0 Å². The molecule has 0 saturated heterocycles. The minimum Gasteiger partial charge on any atom is -0.356 e. The molecule has 28 heavy (non-hydrogen) atoms. The van der Waals surface area contributed by atoms with Gasteiger partial charge in [0, 0.05) is 44.6 Å². The summed E-state index contributed by atoms with van der Waals surface area (Å²) in [5.74, 6) is 0.227. The highest BCUT2D eigenvalue weighted by atomic mass is 16.2. The van der Waals surface area contributed by atoms with Crippen molar-refractivity contribution in [3.63, 3.8) is 0 Å². The Bertz CT molecular complexity index is 540. The summed E-state index contributed by atoms with van der Waals surface area (Å²) in [6, 6.07) is 0. The summed E-state index contributed by atoms with van der Waals surface area (Å²) in [6.45, 7) is 6.07. The lowest BCUT2D eigenvalue weighted by atomic mass is 10.1. The second kappa shape index (κ2) is 13.9. The third-order valence-corrected chi connectivity index (χ3v) is 4.63. The van der Waals surface area contributed by atoms with E-state index in [1.54, 1.807) is 0 Å². The highest BCUT2D eigenvalue weighted by Crippen LogP contribution is 2.07. The van der Waals surface area contributed by atoms with Gasteiger partial charge in [-0.3, -0.25) is 24.1 Å². The van der Waals surface area contributed by atoms with Gasteiger partial charge in [0.15, 0.2) is 0 Å². The molecule has 7 heteroatoms. The number of nitrogens with one attached hydrogen (secondary N) is 2. The molecular formula is C21H35N3O4. The molecule has 0 saturated carbocycles. The van der Waals surface area contributed by atoms with Crippen LogP contribution in [0.3, 0.4) is 0 Å². The first kappa shape index (κ1) is 23.9. The number of hydrogen-bond acceptors (Lipinski definition) is 4. The zero-order valence-electron chi connectivity index (χ0n) is 17.3. The minimum atomic E-state index is -0.254. The SMILES string of the molecule is CC(C)CCNC(=O)CCCCCNC(=O)CCCCCN1C(=O)C=CC1=O. The molecule has 0 bridgehead atoms. The quantitative estimate of drug-likeness (QED) is 0.330. The maximum absolute atomic E-state index is 11.8. The molecule has 1 rings (SSSR count). The third-order valence-electron chi connectivity index (χ3n) is 4.63. The molecule has 7 nitrogen and oxygen atoms in total. The molecular weight excluding hydrogens is 358 g/mol. The van der Waals surface area contributed by atoms with Gasteiger partial charge in [0.25, 0.3) is 11.8 Å². The van der Waals surface area contributed by atoms with E-state index < -0.39 is 0 Å². The predicted molar refractivity (Wildman–Crippen MR) is 108 cm³/mol. The van der Waals surface area contributed by atoms with Crippen molar-refractivity contribution in [2.24, 2.45) is 5.92 Å². The predicted octanol–water partition coefficient (Wildman–Crippen LogP) is 2.31. The van der Waals surface area contributed by atoms with Gasteiger partial charge in [-0.25, -0.2) is 0 Å². The van der Waals surface area contributed by atoms with Gasteiger partial charge in [0.05, 0.1) is 0 Å². The molecule has 0 radical (unpaired) electrons. The summed E-state index contributed by atoms with van der Waals surface area (Å²) >= 11 is 0. The van der Waals surface area contributed by atoms with Gasteiger partial charge in [-0.2, -0.15) is 0 Å². The molecule has 0 fully saturated rings. The molecule has 158 valence electrons. The van der Waals surface area contributed by atoms with Gasteiger partial charge >= 0.3 is 0 Å². The molecule has 1 aliphatic rings. The number of carbonyl (C=O) groups is 4. The number of nitrogens with zero attached hydrogens (tertiary/aromatic N) is 1. The fourth-order valence-corrected chi connectivity index (χ4v) is 2.88. The fourth-order valence-electron chi connectivity index (χ4n) is 2.88. The molecule has 1 heterocycles. The lowest BCUT2D eigenvalue weighted by molar-refractivity contribution is -0.137. The van der Waals surface area contributed by atoms with Crippen molar-refractivity contribution in [3.05, 3.63) is 12.2 Å². The van der Waals surface area contributed by atoms with Crippen LogP contribution in [-0.2, 0) is 19.2 Å². The normalized spacial score (nSPS) is 13.5. The van der Waals surface area contributed by atoms with Crippen LogP contribution in [0.2, 0.25) is 0 Å². The van der Waals surface area contributed by atoms with Crippen molar-refractivity contribution in [1.82, 2.24) is 15.5 Å². The van der Waals surface area contributed by atoms with Crippen LogP contribution in [-0.4, -0.2) is 48.2 Å². The van der Waals surface area contributed by atoms with Gasteiger partial charge < -0.3 is 10.6 Å². The van der Waals surface area contributed by atoms with E-state index in [-0.39, 0.29) is 23.6 Å². The highest BCUT2D eigenvalue weighted by molar-refractivity contribution is 6.12. The van der Waals surface area contributed by atoms with Crippen molar-refractivity contribution in [2.75, 3.05) is 19.6 Å². The molecule has 0 unspecified atom stereocenters. The van der Waals surface area contributed by atoms with E-state index in [1.807, 2.05) is 0 Å². The maximum Gasteiger partial charge on any atom is 0.253 e. The number of hydrogen-bond donors (Lipinski definition) is 2. The third kappa shape index (κ3) is 10.8. The van der Waals surface area contributed by atoms with E-state index in [4.69, 9.17) is 0 Å². The fraction of sp³-hybridized carbons (Fsp3) is 0.714. The largest absolute Gasteiger partial charge is 0.356 e. The molecule has 4 amide bonds. The molecule has 0 atom stereocenters. The van der Waals surface area contributed by atoms with E-state index in [0.29, 0.717) is 38.3 Å². The van der Waals surface area contributed by atoms with Crippen LogP contribution in [0.1, 0.15) is 71.6 Å². The Hall–Kier alpha value is -2.18. The highest BCUT2D eigenvalue weighted by Gasteiger charge is 2.22. The van der Waals surface area contributed by atoms with Crippen molar-refractivity contribution in [1.29, 1.82) is 0 Å². The number of rotatable bonds is 15. The molecule has 2 N–H and O–H groups in total. The van der Waals surface area contributed by atoms with Crippen molar-refractivity contribution in [2.45, 2.75) is 71.6 Å². The van der Waals surface area contributed by atoms with Crippen LogP contribution in [0.5, 0.6) is 0 Å². The lowest BCUT2D eigenvalue weighted by Crippen LogP contribution is -2.30. The molecule has 0 aromatic carbocycles. The van der Waals surface area contributed by atoms with Crippen molar-refractivity contribution >= 4 is 23.6 Å². The molecule has 0 aliphatic carbocycles. The minimum absolute atomic E-state index is 0.0291. The second-order valence-electron chi connectivity index (χ2n) is 7.67. The number of unbranched alkanes of at least 4 members (excludes halogenated alkanes) is 4. The monoisotopic (exact) mass is 393 g/mol. The first-order valence-corrected chi connectivity index (χ1v) is 10.5. The standard InChI is InChI=1S/C21H35N3O4/c1-17(2)13-15-23-19(26)9-5-3-7-14-22-18(25)10-6-4-8-16-24-20(27)11-12-21(24)28/h11-12,17H,3-10,13-16H2,1-2H3,(H,22,25)(H,23,26). The van der Waals surface area contributed by atoms with Crippen LogP contribution in [0.15, 0.2) is 12.2 Å². The Morgan fingerprint density at radius 3 is 1.93 bits per heavy atom. The van der Waals surface area contributed by atoms with Gasteiger partial charge in [-0.15, -0.1) is 0 Å². The summed E-state index contributed by atoms with van der Waals surface area (Å²) in [4.78, 5) is 47.4. The van der Waals surface area contributed by atoms with E-state index >= 15 is 0 Å². The van der Waals surface area contributed by atoms with Crippen LogP contribution in [0.25, 0.3) is 0 Å². The Kier molecular flexibility index (Phi) is 11.9. The summed E-state index contributed by atoms with van der Waals surface area (Å²) in [5, 5.41) is 5.82. The van der Waals surface area contributed by atoms with E-state index in [2.05, 4.69) is 24.5 Å². The summed E-state index contributed by atoms with van der Waals surface area (Å²) < 4.78 is 0. The average molecular weight is 394 g/mol. The van der Waals surface area contributed by atoms with Gasteiger partial charge in [0.1, 0.15) is 0 Å². The smallest absolute Gasteiger partial charge is 0.253 e. The van der Waals surface area contributed by atoms with Crippen molar-refractivity contribution < 1.29 is 19.2 Å². The Labute approximate surface area is 168 Å². The summed E-state index contributed by atoms with van der Waals surface area (Å²) in [6.07, 6.45) is 9.47. The van der Waals surface area contributed by atoms with E-state index in [0.717, 1.165) is 45.1 Å². The number of imide groups is 1. The van der Waals surface area contributed by atoms with Crippen LogP contribution < -0.4 is 10.6 Å². The summed E-state index contributed by atoms with van der Waals surface area (Å²) in [5.41, 5.74) is 0. The molecule has 0 aromatic heterocycles. The first-order valence-electron chi connectivity index (χ1n) is 10.5. The van der Waals surface area contributed by atoms with Crippen molar-refractivity contribution in [3.8, 4) is 0 Å². The van der Waals surface area contributed by atoms with E-state index in [9.17, 15) is 19.2 Å². The zero-order chi connectivity index (χ0) is 20.8. The summed E-state index contributed by atoms with van der Waals surface area (Å²) in [7, 11) is 0. The first-order chi connectivity index (χ1) is 13.4. The Morgan fingerprint density at radius 1 is 0.821 bits per heavy atom.